The third-order valence-corrected chi connectivity index (χ3v) is 6.97. The van der Waals surface area contributed by atoms with Crippen molar-refractivity contribution in [3.05, 3.63) is 124 Å². The van der Waals surface area contributed by atoms with Crippen LogP contribution in [0.5, 0.6) is 17.2 Å². The molecule has 4 aromatic carbocycles. The van der Waals surface area contributed by atoms with Crippen LogP contribution < -0.4 is 14.4 Å². The predicted octanol–water partition coefficient (Wildman–Crippen LogP) is 7.04. The van der Waals surface area contributed by atoms with E-state index in [2.05, 4.69) is 0 Å². The number of para-hydroxylation sites is 2. The van der Waals surface area contributed by atoms with Gasteiger partial charge in [-0.15, -0.1) is 0 Å². The van der Waals surface area contributed by atoms with Crippen LogP contribution in [0.1, 0.15) is 33.9 Å². The maximum absolute atomic E-state index is 13.6. The molecule has 1 heterocycles. The highest BCUT2D eigenvalue weighted by Crippen LogP contribution is 2.44. The van der Waals surface area contributed by atoms with E-state index in [9.17, 15) is 14.7 Å². The first-order valence-electron chi connectivity index (χ1n) is 12.6. The summed E-state index contributed by atoms with van der Waals surface area (Å²) in [6.45, 7) is 5.58. The van der Waals surface area contributed by atoms with E-state index in [1.165, 1.54) is 4.90 Å². The molecule has 1 saturated heterocycles. The quantitative estimate of drug-likeness (QED) is 0.168. The average Bonchev–Trinajstić information content (AvgIpc) is 3.20. The molecule has 1 unspecified atom stereocenters. The molecule has 0 saturated carbocycles. The number of Topliss-reactive ketones (excluding diaryl/α,β-unsaturated/α-hetero) is 1. The second-order valence-electron chi connectivity index (χ2n) is 9.58. The van der Waals surface area contributed by atoms with Crippen LogP contribution in [0.3, 0.4) is 0 Å². The molecule has 0 radical (unpaired) electrons. The molecular formula is C33H29NO5. The third kappa shape index (κ3) is 4.77. The molecule has 1 aliphatic rings. The molecule has 0 bridgehead atoms. The van der Waals surface area contributed by atoms with E-state index in [1.807, 2.05) is 93.6 Å². The van der Waals surface area contributed by atoms with Crippen molar-refractivity contribution in [2.75, 3.05) is 12.0 Å². The van der Waals surface area contributed by atoms with Gasteiger partial charge in [0.2, 0.25) is 0 Å². The molecule has 0 aliphatic carbocycles. The molecule has 6 nitrogen and oxygen atoms in total. The molecule has 0 aromatic heterocycles. The number of aliphatic hydroxyl groups excluding tert-OH is 1. The van der Waals surface area contributed by atoms with Gasteiger partial charge in [-0.1, -0.05) is 48.5 Å². The van der Waals surface area contributed by atoms with Crippen LogP contribution in [0.25, 0.3) is 5.76 Å². The zero-order valence-corrected chi connectivity index (χ0v) is 22.3. The van der Waals surface area contributed by atoms with E-state index in [-0.39, 0.29) is 11.3 Å². The first kappa shape index (κ1) is 25.8. The number of hydrogen-bond donors (Lipinski definition) is 1. The topological polar surface area (TPSA) is 76.1 Å². The van der Waals surface area contributed by atoms with E-state index < -0.39 is 17.7 Å². The lowest BCUT2D eigenvalue weighted by atomic mass is 9.92. The Balaban J connectivity index is 1.71. The number of anilines is 1. The third-order valence-electron chi connectivity index (χ3n) is 6.97. The Morgan fingerprint density at radius 3 is 2.18 bits per heavy atom. The molecule has 1 aliphatic heterocycles. The van der Waals surface area contributed by atoms with E-state index >= 15 is 0 Å². The summed E-state index contributed by atoms with van der Waals surface area (Å²) in [5.41, 5.74) is 4.07. The first-order chi connectivity index (χ1) is 18.8. The van der Waals surface area contributed by atoms with Gasteiger partial charge in [-0.3, -0.25) is 14.5 Å². The zero-order chi connectivity index (χ0) is 27.7. The van der Waals surface area contributed by atoms with Crippen molar-refractivity contribution in [3.8, 4) is 17.2 Å². The van der Waals surface area contributed by atoms with Crippen LogP contribution in [0.15, 0.2) is 96.6 Å². The summed E-state index contributed by atoms with van der Waals surface area (Å²) in [6, 6.07) is 26.7. The second-order valence-corrected chi connectivity index (χ2v) is 9.58. The van der Waals surface area contributed by atoms with Gasteiger partial charge in [-0.25, -0.2) is 0 Å². The largest absolute Gasteiger partial charge is 0.507 e. The summed E-state index contributed by atoms with van der Waals surface area (Å²) in [6.07, 6.45) is 0. The predicted molar refractivity (Wildman–Crippen MR) is 151 cm³/mol. The highest BCUT2D eigenvalue weighted by Gasteiger charge is 2.47. The zero-order valence-electron chi connectivity index (χ0n) is 22.3. The van der Waals surface area contributed by atoms with Gasteiger partial charge in [0.15, 0.2) is 0 Å². The Morgan fingerprint density at radius 1 is 0.769 bits per heavy atom. The molecule has 196 valence electrons. The lowest BCUT2D eigenvalue weighted by Crippen LogP contribution is -2.30. The molecule has 1 amide bonds. The standard InChI is InChI=1S/C33H29NO5/c1-20-11-8-9-16-27(20)34-30(23-12-10-15-25(19-23)39-24-13-6-5-7-14-24)29(32(36)33(34)37)31(35)26-17-22(3)28(38-4)18-21(26)2/h5-19,30,35H,1-4H3/b31-29+. The van der Waals surface area contributed by atoms with Crippen molar-refractivity contribution >= 4 is 23.1 Å². The maximum atomic E-state index is 13.6. The molecule has 5 rings (SSSR count). The van der Waals surface area contributed by atoms with Crippen molar-refractivity contribution in [2.45, 2.75) is 26.8 Å². The van der Waals surface area contributed by atoms with Crippen LogP contribution in [0, 0.1) is 20.8 Å². The number of carbonyl (C=O) groups is 2. The van der Waals surface area contributed by atoms with E-state index in [4.69, 9.17) is 9.47 Å². The molecule has 1 fully saturated rings. The van der Waals surface area contributed by atoms with Crippen LogP contribution >= 0.6 is 0 Å². The van der Waals surface area contributed by atoms with E-state index in [0.29, 0.717) is 34.1 Å². The van der Waals surface area contributed by atoms with E-state index in [0.717, 1.165) is 16.7 Å². The van der Waals surface area contributed by atoms with Crippen molar-refractivity contribution in [1.29, 1.82) is 0 Å². The maximum Gasteiger partial charge on any atom is 0.300 e. The Hall–Kier alpha value is -4.84. The van der Waals surface area contributed by atoms with E-state index in [1.54, 1.807) is 25.3 Å². The number of benzene rings is 4. The Bertz CT molecular complexity index is 1610. The van der Waals surface area contributed by atoms with Crippen LogP contribution in [0.2, 0.25) is 0 Å². The Morgan fingerprint density at radius 2 is 1.46 bits per heavy atom. The number of ketones is 1. The minimum Gasteiger partial charge on any atom is -0.507 e. The fourth-order valence-corrected chi connectivity index (χ4v) is 5.01. The molecule has 4 aromatic rings. The summed E-state index contributed by atoms with van der Waals surface area (Å²) in [4.78, 5) is 28.7. The smallest absolute Gasteiger partial charge is 0.300 e. The molecule has 6 heteroatoms. The van der Waals surface area contributed by atoms with Crippen molar-refractivity contribution in [3.63, 3.8) is 0 Å². The number of aryl methyl sites for hydroxylation is 3. The second kappa shape index (κ2) is 10.5. The highest BCUT2D eigenvalue weighted by atomic mass is 16.5. The van der Waals surface area contributed by atoms with Gasteiger partial charge in [0.25, 0.3) is 11.7 Å². The van der Waals surface area contributed by atoms with Gasteiger partial charge in [0.1, 0.15) is 23.0 Å². The average molecular weight is 520 g/mol. The minimum atomic E-state index is -0.868. The summed E-state index contributed by atoms with van der Waals surface area (Å²) in [7, 11) is 1.58. The number of ether oxygens (including phenoxy) is 2. The molecule has 0 spiro atoms. The minimum absolute atomic E-state index is 0.0211. The highest BCUT2D eigenvalue weighted by molar-refractivity contribution is 6.51. The molecular weight excluding hydrogens is 490 g/mol. The first-order valence-corrected chi connectivity index (χ1v) is 12.6. The number of hydrogen-bond acceptors (Lipinski definition) is 5. The van der Waals surface area contributed by atoms with Crippen LogP contribution in [0.4, 0.5) is 5.69 Å². The van der Waals surface area contributed by atoms with Gasteiger partial charge in [0, 0.05) is 11.3 Å². The number of amides is 1. The van der Waals surface area contributed by atoms with Crippen LogP contribution in [-0.2, 0) is 9.59 Å². The molecule has 1 N–H and O–H groups in total. The fourth-order valence-electron chi connectivity index (χ4n) is 5.01. The van der Waals surface area contributed by atoms with Gasteiger partial charge >= 0.3 is 0 Å². The number of rotatable bonds is 6. The monoisotopic (exact) mass is 519 g/mol. The summed E-state index contributed by atoms with van der Waals surface area (Å²) in [5, 5.41) is 11.7. The Kier molecular flexibility index (Phi) is 6.94. The lowest BCUT2D eigenvalue weighted by molar-refractivity contribution is -0.132. The van der Waals surface area contributed by atoms with Crippen molar-refractivity contribution in [2.24, 2.45) is 0 Å². The summed E-state index contributed by atoms with van der Waals surface area (Å²) < 4.78 is 11.5. The Labute approximate surface area is 227 Å². The van der Waals surface area contributed by atoms with Crippen LogP contribution in [-0.4, -0.2) is 23.9 Å². The normalized spacial score (nSPS) is 16.4. The number of nitrogens with zero attached hydrogens (tertiary/aromatic N) is 1. The van der Waals surface area contributed by atoms with Gasteiger partial charge in [-0.2, -0.15) is 0 Å². The van der Waals surface area contributed by atoms with Crippen molar-refractivity contribution < 1.29 is 24.2 Å². The summed E-state index contributed by atoms with van der Waals surface area (Å²) in [5.74, 6) is 0.201. The summed E-state index contributed by atoms with van der Waals surface area (Å²) >= 11 is 0. The van der Waals surface area contributed by atoms with Gasteiger partial charge in [-0.05, 0) is 85.5 Å². The lowest BCUT2D eigenvalue weighted by Gasteiger charge is -2.27. The van der Waals surface area contributed by atoms with Gasteiger partial charge < -0.3 is 14.6 Å². The number of aliphatic hydroxyl groups is 1. The molecule has 1 atom stereocenters. The number of methoxy groups -OCH3 is 1. The molecule has 39 heavy (non-hydrogen) atoms. The van der Waals surface area contributed by atoms with Crippen molar-refractivity contribution in [1.82, 2.24) is 0 Å². The number of carbonyl (C=O) groups excluding carboxylic acids is 2. The van der Waals surface area contributed by atoms with Gasteiger partial charge in [0.05, 0.1) is 18.7 Å². The SMILES string of the molecule is COc1cc(C)c(/C(O)=C2\C(=O)C(=O)N(c3ccccc3C)C2c2cccc(Oc3ccccc3)c2)cc1C. The fraction of sp³-hybridized carbons (Fsp3) is 0.152.